The third-order valence-corrected chi connectivity index (χ3v) is 4.50. The molecule has 1 aliphatic rings. The Morgan fingerprint density at radius 2 is 1.35 bits per heavy atom. The molecule has 0 saturated carbocycles. The standard InChI is InChI=1S/C17H28N2Si/c1-13-8-9-14-15(10-13)19(12-17(5,6)7)20-18(14)11-16(2,3)4/h8-10H,11-12H2,1-7H3. The third-order valence-electron chi connectivity index (χ3n) is 3.22. The highest BCUT2D eigenvalue weighted by atomic mass is 28.2. The maximum Gasteiger partial charge on any atom is 0.332 e. The summed E-state index contributed by atoms with van der Waals surface area (Å²) in [6.45, 7) is 18.3. The van der Waals surface area contributed by atoms with Crippen LogP contribution < -0.4 is 9.13 Å². The van der Waals surface area contributed by atoms with Crippen LogP contribution in [0.3, 0.4) is 0 Å². The number of fused-ring (bicyclic) bond motifs is 1. The fraction of sp³-hybridized carbons (Fsp3) is 0.647. The van der Waals surface area contributed by atoms with Gasteiger partial charge in [-0.2, -0.15) is 0 Å². The summed E-state index contributed by atoms with van der Waals surface area (Å²) in [6.07, 6.45) is 0. The van der Waals surface area contributed by atoms with Gasteiger partial charge in [0, 0.05) is 13.1 Å². The van der Waals surface area contributed by atoms with Crippen molar-refractivity contribution in [3.05, 3.63) is 23.8 Å². The van der Waals surface area contributed by atoms with E-state index in [1.807, 2.05) is 0 Å². The van der Waals surface area contributed by atoms with Crippen molar-refractivity contribution in [1.29, 1.82) is 0 Å². The lowest BCUT2D eigenvalue weighted by molar-refractivity contribution is 0.426. The lowest BCUT2D eigenvalue weighted by atomic mass is 9.96. The van der Waals surface area contributed by atoms with Crippen molar-refractivity contribution in [3.63, 3.8) is 0 Å². The SMILES string of the molecule is Cc1ccc2c(c1)N(CC(C)(C)C)[Si]N2CC(C)(C)C. The van der Waals surface area contributed by atoms with Crippen LogP contribution in [0, 0.1) is 17.8 Å². The Hall–Kier alpha value is -0.963. The van der Waals surface area contributed by atoms with Gasteiger partial charge >= 0.3 is 9.84 Å². The maximum atomic E-state index is 2.56. The van der Waals surface area contributed by atoms with Crippen molar-refractivity contribution in [1.82, 2.24) is 0 Å². The van der Waals surface area contributed by atoms with Crippen molar-refractivity contribution in [3.8, 4) is 0 Å². The highest BCUT2D eigenvalue weighted by Gasteiger charge is 2.32. The minimum Gasteiger partial charge on any atom is -0.378 e. The maximum absolute atomic E-state index is 2.56. The van der Waals surface area contributed by atoms with Crippen molar-refractivity contribution in [2.75, 3.05) is 22.2 Å². The van der Waals surface area contributed by atoms with Crippen LogP contribution in [0.15, 0.2) is 18.2 Å². The summed E-state index contributed by atoms with van der Waals surface area (Å²) in [4.78, 5) is 0. The highest BCUT2D eigenvalue weighted by Crippen LogP contribution is 2.38. The zero-order valence-electron chi connectivity index (χ0n) is 14.0. The van der Waals surface area contributed by atoms with Crippen LogP contribution in [-0.2, 0) is 0 Å². The van der Waals surface area contributed by atoms with Gasteiger partial charge in [0.2, 0.25) is 0 Å². The molecule has 0 N–H and O–H groups in total. The molecule has 0 unspecified atom stereocenters. The van der Waals surface area contributed by atoms with Crippen molar-refractivity contribution >= 4 is 21.2 Å². The molecule has 20 heavy (non-hydrogen) atoms. The first-order valence-corrected chi connectivity index (χ1v) is 8.37. The van der Waals surface area contributed by atoms with Gasteiger partial charge in [0.05, 0.1) is 11.4 Å². The second kappa shape index (κ2) is 5.10. The summed E-state index contributed by atoms with van der Waals surface area (Å²) >= 11 is 0. The molecule has 0 spiro atoms. The van der Waals surface area contributed by atoms with E-state index in [4.69, 9.17) is 0 Å². The molecule has 0 aromatic heterocycles. The van der Waals surface area contributed by atoms with E-state index in [0.717, 1.165) is 22.9 Å². The fourth-order valence-corrected chi connectivity index (χ4v) is 4.49. The quantitative estimate of drug-likeness (QED) is 0.751. The monoisotopic (exact) mass is 288 g/mol. The average Bonchev–Trinajstić information content (AvgIpc) is 2.51. The van der Waals surface area contributed by atoms with Crippen LogP contribution in [0.4, 0.5) is 11.4 Å². The first-order chi connectivity index (χ1) is 9.05. The number of hydrogen-bond donors (Lipinski definition) is 0. The minimum absolute atomic E-state index is 0.325. The molecule has 0 amide bonds. The molecule has 1 heterocycles. The summed E-state index contributed by atoms with van der Waals surface area (Å²) in [6, 6.07) is 6.88. The Balaban J connectivity index is 2.30. The average molecular weight is 289 g/mol. The van der Waals surface area contributed by atoms with E-state index in [9.17, 15) is 0 Å². The second-order valence-electron chi connectivity index (χ2n) is 8.39. The molecule has 0 saturated heterocycles. The largest absolute Gasteiger partial charge is 0.378 e. The van der Waals surface area contributed by atoms with Gasteiger partial charge in [0.15, 0.2) is 0 Å². The molecule has 0 fully saturated rings. The Labute approximate surface area is 127 Å². The van der Waals surface area contributed by atoms with Gasteiger partial charge in [-0.15, -0.1) is 0 Å². The van der Waals surface area contributed by atoms with Crippen LogP contribution in [-0.4, -0.2) is 22.9 Å². The molecule has 0 bridgehead atoms. The van der Waals surface area contributed by atoms with E-state index >= 15 is 0 Å². The number of anilines is 2. The topological polar surface area (TPSA) is 6.48 Å². The minimum atomic E-state index is 0.325. The van der Waals surface area contributed by atoms with E-state index in [-0.39, 0.29) is 0 Å². The molecule has 0 atom stereocenters. The first kappa shape index (κ1) is 15.4. The summed E-state index contributed by atoms with van der Waals surface area (Å²) in [5, 5.41) is 0. The number of benzene rings is 1. The predicted molar refractivity (Wildman–Crippen MR) is 90.5 cm³/mol. The van der Waals surface area contributed by atoms with Gasteiger partial charge in [-0.25, -0.2) is 0 Å². The van der Waals surface area contributed by atoms with Gasteiger partial charge < -0.3 is 9.13 Å². The molecular formula is C17H28N2Si. The van der Waals surface area contributed by atoms with Gasteiger partial charge in [-0.1, -0.05) is 47.6 Å². The van der Waals surface area contributed by atoms with E-state index < -0.39 is 0 Å². The zero-order chi connectivity index (χ0) is 15.1. The van der Waals surface area contributed by atoms with Crippen LogP contribution in [0.5, 0.6) is 0 Å². The molecule has 1 aliphatic heterocycles. The molecule has 2 nitrogen and oxygen atoms in total. The van der Waals surface area contributed by atoms with Gasteiger partial charge in [-0.3, -0.25) is 0 Å². The number of hydrogen-bond acceptors (Lipinski definition) is 2. The zero-order valence-corrected chi connectivity index (χ0v) is 15.0. The van der Waals surface area contributed by atoms with Crippen LogP contribution in [0.1, 0.15) is 47.1 Å². The Kier molecular flexibility index (Phi) is 3.93. The Bertz CT molecular complexity index is 483. The Morgan fingerprint density at radius 3 is 1.85 bits per heavy atom. The van der Waals surface area contributed by atoms with Crippen LogP contribution >= 0.6 is 0 Å². The van der Waals surface area contributed by atoms with Crippen molar-refractivity contribution in [2.45, 2.75) is 48.5 Å². The summed E-state index contributed by atoms with van der Waals surface area (Å²) < 4.78 is 5.12. The fourth-order valence-electron chi connectivity index (χ4n) is 2.52. The van der Waals surface area contributed by atoms with E-state index in [2.05, 4.69) is 75.8 Å². The van der Waals surface area contributed by atoms with Crippen LogP contribution in [0.25, 0.3) is 0 Å². The lowest BCUT2D eigenvalue weighted by Gasteiger charge is -2.29. The van der Waals surface area contributed by atoms with E-state index in [1.165, 1.54) is 16.9 Å². The first-order valence-electron chi connectivity index (χ1n) is 7.47. The van der Waals surface area contributed by atoms with Crippen molar-refractivity contribution in [2.24, 2.45) is 10.8 Å². The molecule has 3 heteroatoms. The smallest absolute Gasteiger partial charge is 0.332 e. The lowest BCUT2D eigenvalue weighted by Crippen LogP contribution is -2.42. The van der Waals surface area contributed by atoms with Gasteiger partial charge in [-0.05, 0) is 35.4 Å². The Morgan fingerprint density at radius 1 is 0.850 bits per heavy atom. The van der Waals surface area contributed by atoms with E-state index in [1.54, 1.807) is 0 Å². The summed E-state index contributed by atoms with van der Waals surface area (Å²) in [5.41, 5.74) is 4.83. The molecule has 0 aliphatic carbocycles. The van der Waals surface area contributed by atoms with E-state index in [0.29, 0.717) is 10.8 Å². The number of rotatable bonds is 2. The normalized spacial score (nSPS) is 15.8. The predicted octanol–water partition coefficient (Wildman–Crippen LogP) is 4.25. The third kappa shape index (κ3) is 3.78. The molecule has 2 rings (SSSR count). The molecular weight excluding hydrogens is 260 g/mol. The number of aryl methyl sites for hydroxylation is 1. The molecule has 1 aromatic carbocycles. The van der Waals surface area contributed by atoms with Crippen molar-refractivity contribution < 1.29 is 0 Å². The van der Waals surface area contributed by atoms with Crippen LogP contribution in [0.2, 0.25) is 0 Å². The summed E-state index contributed by atoms with van der Waals surface area (Å²) in [7, 11) is 0.739. The van der Waals surface area contributed by atoms with Gasteiger partial charge in [0.1, 0.15) is 0 Å². The second-order valence-corrected chi connectivity index (χ2v) is 9.67. The molecule has 2 radical (unpaired) electrons. The highest BCUT2D eigenvalue weighted by molar-refractivity contribution is 6.51. The van der Waals surface area contributed by atoms with Gasteiger partial charge in [0.25, 0.3) is 0 Å². The molecule has 1 aromatic rings. The number of nitrogens with zero attached hydrogens (tertiary/aromatic N) is 2. The molecule has 110 valence electrons. The summed E-state index contributed by atoms with van der Waals surface area (Å²) in [5.74, 6) is 0.